The lowest BCUT2D eigenvalue weighted by atomic mass is 10.0. The highest BCUT2D eigenvalue weighted by Crippen LogP contribution is 2.32. The molecule has 0 fully saturated rings. The Morgan fingerprint density at radius 3 is 2.08 bits per heavy atom. The molecule has 5 rings (SSSR count). The molecule has 0 aliphatic rings. The molecule has 7 nitrogen and oxygen atoms in total. The van der Waals surface area contributed by atoms with Crippen molar-refractivity contribution in [1.29, 1.82) is 0 Å². The highest BCUT2D eigenvalue weighted by atomic mass is 19.4. The van der Waals surface area contributed by atoms with Crippen molar-refractivity contribution in [1.82, 2.24) is 24.7 Å². The number of benzene rings is 3. The van der Waals surface area contributed by atoms with Gasteiger partial charge in [-0.3, -0.25) is 14.2 Å². The van der Waals surface area contributed by atoms with Gasteiger partial charge in [-0.1, -0.05) is 59.8 Å². The third-order valence-electron chi connectivity index (χ3n) is 6.07. The molecule has 1 amide bonds. The van der Waals surface area contributed by atoms with Crippen LogP contribution in [0, 0.1) is 0 Å². The van der Waals surface area contributed by atoms with Crippen LogP contribution >= 0.6 is 0 Å². The second-order valence-corrected chi connectivity index (χ2v) is 9.99. The van der Waals surface area contributed by atoms with Crippen LogP contribution < -0.4 is 10.9 Å². The summed E-state index contributed by atoms with van der Waals surface area (Å²) in [6.07, 6.45) is -4.54. The van der Waals surface area contributed by atoms with E-state index in [4.69, 9.17) is 0 Å². The summed E-state index contributed by atoms with van der Waals surface area (Å²) >= 11 is 0. The molecule has 3 aromatic carbocycles. The molecule has 0 spiro atoms. The minimum Gasteiger partial charge on any atom is -0.349 e. The summed E-state index contributed by atoms with van der Waals surface area (Å²) in [6, 6.07) is 18.9. The van der Waals surface area contributed by atoms with Crippen molar-refractivity contribution in [2.75, 3.05) is 0 Å². The lowest BCUT2D eigenvalue weighted by Gasteiger charge is -2.27. The molecule has 2 heterocycles. The molecule has 38 heavy (non-hydrogen) atoms. The average Bonchev–Trinajstić information content (AvgIpc) is 3.31. The second kappa shape index (κ2) is 9.13. The summed E-state index contributed by atoms with van der Waals surface area (Å²) < 4.78 is 42.6. The van der Waals surface area contributed by atoms with Crippen molar-refractivity contribution < 1.29 is 18.0 Å². The number of carbonyl (C=O) groups is 1. The number of hydrogen-bond acceptors (Lipinski definition) is 4. The zero-order chi connectivity index (χ0) is 27.2. The van der Waals surface area contributed by atoms with Gasteiger partial charge in [0.2, 0.25) is 5.91 Å². The average molecular weight is 520 g/mol. The number of rotatable bonds is 4. The van der Waals surface area contributed by atoms with Gasteiger partial charge in [0.15, 0.2) is 5.52 Å². The van der Waals surface area contributed by atoms with Gasteiger partial charge < -0.3 is 5.32 Å². The molecule has 194 valence electrons. The minimum atomic E-state index is -4.54. The highest BCUT2D eigenvalue weighted by Gasteiger charge is 2.33. The Labute approximate surface area is 215 Å². The molecule has 5 aromatic rings. The highest BCUT2D eigenvalue weighted by molar-refractivity contribution is 5.89. The summed E-state index contributed by atoms with van der Waals surface area (Å²) in [7, 11) is 0. The van der Waals surface area contributed by atoms with Crippen LogP contribution in [0.25, 0.3) is 27.8 Å². The van der Waals surface area contributed by atoms with Gasteiger partial charge >= 0.3 is 6.18 Å². The Morgan fingerprint density at radius 2 is 1.47 bits per heavy atom. The molecule has 1 N–H and O–H groups in total. The molecule has 0 radical (unpaired) electrons. The van der Waals surface area contributed by atoms with Gasteiger partial charge in [-0.2, -0.15) is 13.2 Å². The van der Waals surface area contributed by atoms with Crippen molar-refractivity contribution in [3.05, 3.63) is 100 Å². The van der Waals surface area contributed by atoms with Crippen molar-refractivity contribution >= 4 is 22.5 Å². The van der Waals surface area contributed by atoms with E-state index in [0.717, 1.165) is 12.1 Å². The van der Waals surface area contributed by atoms with E-state index in [1.165, 1.54) is 21.2 Å². The van der Waals surface area contributed by atoms with E-state index in [-0.39, 0.29) is 11.1 Å². The molecule has 0 bridgehead atoms. The third kappa shape index (κ3) is 4.53. The Morgan fingerprint density at radius 1 is 0.868 bits per heavy atom. The van der Waals surface area contributed by atoms with E-state index in [9.17, 15) is 22.8 Å². The maximum absolute atomic E-state index is 14.2. The van der Waals surface area contributed by atoms with Crippen LogP contribution in [0.15, 0.2) is 83.7 Å². The zero-order valence-corrected chi connectivity index (χ0v) is 20.8. The Kier molecular flexibility index (Phi) is 6.05. The van der Waals surface area contributed by atoms with E-state index in [2.05, 4.69) is 15.6 Å². The smallest absolute Gasteiger partial charge is 0.349 e. The largest absolute Gasteiger partial charge is 0.416 e. The maximum atomic E-state index is 14.2. The maximum Gasteiger partial charge on any atom is 0.416 e. The molecule has 0 aliphatic heterocycles. The van der Waals surface area contributed by atoms with Gasteiger partial charge in [0, 0.05) is 11.1 Å². The first kappa shape index (κ1) is 25.2. The lowest BCUT2D eigenvalue weighted by Crippen LogP contribution is -2.46. The molecule has 0 aliphatic carbocycles. The fourth-order valence-corrected chi connectivity index (χ4v) is 4.47. The van der Waals surface area contributed by atoms with Crippen LogP contribution in [-0.4, -0.2) is 30.8 Å². The van der Waals surface area contributed by atoms with Crippen molar-refractivity contribution in [2.45, 2.75) is 38.5 Å². The molecule has 2 aromatic heterocycles. The molecule has 10 heteroatoms. The van der Waals surface area contributed by atoms with Gasteiger partial charge in [-0.05, 0) is 50.6 Å². The number of carbonyl (C=O) groups excluding carboxylic acids is 1. The number of para-hydroxylation sites is 2. The quantitative estimate of drug-likeness (QED) is 0.352. The van der Waals surface area contributed by atoms with Crippen LogP contribution in [0.4, 0.5) is 13.2 Å². The standard InChI is InChI=1S/C28H24F3N5O2/c1-27(2,3)32-25(37)23(18-13-15-19(16-14-18)28(29,30)31)35-20-11-7-8-12-21(20)36-24(26(35)38)22(33-34-36)17-9-5-4-6-10-17/h4-16,23H,1-3H3,(H,32,37). The second-order valence-electron chi connectivity index (χ2n) is 9.99. The first-order valence-corrected chi connectivity index (χ1v) is 11.9. The van der Waals surface area contributed by atoms with Crippen molar-refractivity contribution in [3.63, 3.8) is 0 Å². The van der Waals surface area contributed by atoms with Crippen LogP contribution in [-0.2, 0) is 11.0 Å². The normalized spacial score (nSPS) is 13.1. The number of nitrogens with zero attached hydrogens (tertiary/aromatic N) is 4. The molecular weight excluding hydrogens is 495 g/mol. The summed E-state index contributed by atoms with van der Waals surface area (Å²) in [5, 5.41) is 11.4. The number of hydrogen-bond donors (Lipinski definition) is 1. The van der Waals surface area contributed by atoms with Gasteiger partial charge in [0.05, 0.1) is 16.6 Å². The Balaban J connectivity index is 1.84. The zero-order valence-electron chi connectivity index (χ0n) is 20.8. The number of nitrogens with one attached hydrogen (secondary N) is 1. The SMILES string of the molecule is CC(C)(C)NC(=O)C(c1ccc(C(F)(F)F)cc1)n1c(=O)c2c(-c3ccccc3)nnn2c2ccccc21. The first-order chi connectivity index (χ1) is 18.0. The molecule has 1 atom stereocenters. The van der Waals surface area contributed by atoms with Gasteiger partial charge in [-0.15, -0.1) is 5.10 Å². The van der Waals surface area contributed by atoms with Gasteiger partial charge in [-0.25, -0.2) is 4.52 Å². The first-order valence-electron chi connectivity index (χ1n) is 11.9. The molecular formula is C28H24F3N5O2. The number of fused-ring (bicyclic) bond motifs is 3. The van der Waals surface area contributed by atoms with Crippen LogP contribution in [0.5, 0.6) is 0 Å². The summed E-state index contributed by atoms with van der Waals surface area (Å²) in [4.78, 5) is 27.9. The number of alkyl halides is 3. The monoisotopic (exact) mass is 519 g/mol. The topological polar surface area (TPSA) is 81.3 Å². The number of amides is 1. The third-order valence-corrected chi connectivity index (χ3v) is 6.07. The number of aromatic nitrogens is 4. The fraction of sp³-hybridized carbons (Fsp3) is 0.214. The van der Waals surface area contributed by atoms with E-state index in [0.29, 0.717) is 22.3 Å². The lowest BCUT2D eigenvalue weighted by molar-refractivity contribution is -0.137. The van der Waals surface area contributed by atoms with E-state index < -0.39 is 34.8 Å². The van der Waals surface area contributed by atoms with Crippen LogP contribution in [0.2, 0.25) is 0 Å². The van der Waals surface area contributed by atoms with Gasteiger partial charge in [0.1, 0.15) is 11.7 Å². The van der Waals surface area contributed by atoms with Crippen molar-refractivity contribution in [2.24, 2.45) is 0 Å². The fourth-order valence-electron chi connectivity index (χ4n) is 4.47. The number of halogens is 3. The van der Waals surface area contributed by atoms with E-state index >= 15 is 0 Å². The summed E-state index contributed by atoms with van der Waals surface area (Å²) in [5.41, 5.74) is 0.181. The summed E-state index contributed by atoms with van der Waals surface area (Å²) in [5.74, 6) is -0.539. The van der Waals surface area contributed by atoms with Crippen molar-refractivity contribution in [3.8, 4) is 11.3 Å². The minimum absolute atomic E-state index is 0.148. The predicted molar refractivity (Wildman–Crippen MR) is 138 cm³/mol. The van der Waals surface area contributed by atoms with E-state index in [1.54, 1.807) is 57.2 Å². The molecule has 1 unspecified atom stereocenters. The van der Waals surface area contributed by atoms with Crippen LogP contribution in [0.1, 0.15) is 37.9 Å². The molecule has 0 saturated carbocycles. The Hall–Kier alpha value is -4.47. The Bertz CT molecular complexity index is 1700. The predicted octanol–water partition coefficient (Wildman–Crippen LogP) is 5.23. The van der Waals surface area contributed by atoms with Gasteiger partial charge in [0.25, 0.3) is 5.56 Å². The van der Waals surface area contributed by atoms with E-state index in [1.807, 2.05) is 18.2 Å². The molecule has 0 saturated heterocycles. The van der Waals surface area contributed by atoms with Crippen LogP contribution in [0.3, 0.4) is 0 Å². The summed E-state index contributed by atoms with van der Waals surface area (Å²) in [6.45, 7) is 5.35.